The Morgan fingerprint density at radius 3 is 2.86 bits per heavy atom. The first-order valence-corrected chi connectivity index (χ1v) is 7.14. The topological polar surface area (TPSA) is 74.0 Å². The third-order valence-electron chi connectivity index (χ3n) is 4.04. The molecule has 1 aromatic carbocycles. The van der Waals surface area contributed by atoms with Crippen molar-refractivity contribution in [2.75, 3.05) is 44.0 Å². The average molecular weight is 292 g/mol. The summed E-state index contributed by atoms with van der Waals surface area (Å²) < 4.78 is 16.3. The number of nitrogens with zero attached hydrogens (tertiary/aromatic N) is 1. The number of nitrogen functional groups attached to an aromatic ring is 1. The number of methoxy groups -OCH3 is 1. The molecule has 0 amide bonds. The molecule has 2 aliphatic rings. The molecular formula is C15H20N2O4. The van der Waals surface area contributed by atoms with Gasteiger partial charge in [-0.25, -0.2) is 4.79 Å². The van der Waals surface area contributed by atoms with Crippen molar-refractivity contribution in [3.63, 3.8) is 0 Å². The van der Waals surface area contributed by atoms with Crippen LogP contribution in [0.2, 0.25) is 0 Å². The molecule has 2 N–H and O–H groups in total. The molecule has 0 aliphatic carbocycles. The highest BCUT2D eigenvalue weighted by Gasteiger charge is 2.40. The van der Waals surface area contributed by atoms with Crippen LogP contribution in [0.4, 0.5) is 11.4 Å². The number of ether oxygens (including phenoxy) is 3. The van der Waals surface area contributed by atoms with Gasteiger partial charge in [0, 0.05) is 24.3 Å². The number of benzene rings is 1. The lowest BCUT2D eigenvalue weighted by molar-refractivity contribution is -0.161. The second-order valence-corrected chi connectivity index (χ2v) is 5.40. The molecule has 6 heteroatoms. The summed E-state index contributed by atoms with van der Waals surface area (Å²) in [6.45, 7) is 2.85. The largest absolute Gasteiger partial charge is 0.465 e. The van der Waals surface area contributed by atoms with E-state index >= 15 is 0 Å². The van der Waals surface area contributed by atoms with Gasteiger partial charge in [-0.1, -0.05) is 0 Å². The van der Waals surface area contributed by atoms with E-state index in [0.29, 0.717) is 31.0 Å². The minimum absolute atomic E-state index is 0.392. The summed E-state index contributed by atoms with van der Waals surface area (Å²) in [5.74, 6) is -0.917. The predicted molar refractivity (Wildman–Crippen MR) is 78.3 cm³/mol. The van der Waals surface area contributed by atoms with Gasteiger partial charge < -0.3 is 24.8 Å². The molecule has 0 bridgehead atoms. The highest BCUT2D eigenvalue weighted by Crippen LogP contribution is 2.33. The lowest BCUT2D eigenvalue weighted by atomic mass is 10.0. The Hall–Kier alpha value is -1.79. The molecule has 2 fully saturated rings. The van der Waals surface area contributed by atoms with Gasteiger partial charge in [0.05, 0.1) is 32.4 Å². The molecular weight excluding hydrogens is 272 g/mol. The fourth-order valence-electron chi connectivity index (χ4n) is 2.97. The van der Waals surface area contributed by atoms with E-state index < -0.39 is 11.8 Å². The zero-order chi connectivity index (χ0) is 14.9. The molecule has 0 saturated carbocycles. The van der Waals surface area contributed by atoms with E-state index in [9.17, 15) is 4.79 Å². The maximum absolute atomic E-state index is 11.7. The van der Waals surface area contributed by atoms with Crippen molar-refractivity contribution in [3.05, 3.63) is 23.8 Å². The number of carbonyl (C=O) groups is 1. The first kappa shape index (κ1) is 14.2. The van der Waals surface area contributed by atoms with E-state index in [0.717, 1.165) is 25.1 Å². The molecule has 0 aromatic heterocycles. The summed E-state index contributed by atoms with van der Waals surface area (Å²) in [5.41, 5.74) is 7.59. The maximum Gasteiger partial charge on any atom is 0.340 e. The van der Waals surface area contributed by atoms with E-state index in [1.165, 1.54) is 7.11 Å². The highest BCUT2D eigenvalue weighted by molar-refractivity contribution is 5.96. The molecule has 2 aliphatic heterocycles. The van der Waals surface area contributed by atoms with E-state index in [2.05, 4.69) is 4.90 Å². The Morgan fingerprint density at radius 2 is 2.14 bits per heavy atom. The molecule has 0 radical (unpaired) electrons. The number of carbonyl (C=O) groups excluding carboxylic acids is 1. The van der Waals surface area contributed by atoms with Crippen molar-refractivity contribution in [3.8, 4) is 0 Å². The number of hydrogen-bond acceptors (Lipinski definition) is 6. The fraction of sp³-hybridized carbons (Fsp3) is 0.533. The summed E-state index contributed by atoms with van der Waals surface area (Å²) in [6, 6.07) is 5.42. The second kappa shape index (κ2) is 5.54. The van der Waals surface area contributed by atoms with Crippen LogP contribution in [0.1, 0.15) is 23.2 Å². The number of nitrogens with two attached hydrogens (primary N) is 1. The van der Waals surface area contributed by atoms with Gasteiger partial charge in [0.15, 0.2) is 5.79 Å². The second-order valence-electron chi connectivity index (χ2n) is 5.40. The molecule has 0 unspecified atom stereocenters. The van der Waals surface area contributed by atoms with Gasteiger partial charge in [0.2, 0.25) is 0 Å². The van der Waals surface area contributed by atoms with Crippen molar-refractivity contribution < 1.29 is 19.0 Å². The Balaban J connectivity index is 1.84. The molecule has 21 heavy (non-hydrogen) atoms. The quantitative estimate of drug-likeness (QED) is 0.656. The summed E-state index contributed by atoms with van der Waals surface area (Å²) in [7, 11) is 1.35. The molecule has 2 saturated heterocycles. The number of esters is 1. The molecule has 2 heterocycles. The van der Waals surface area contributed by atoms with Crippen LogP contribution in [0.3, 0.4) is 0 Å². The summed E-state index contributed by atoms with van der Waals surface area (Å²) in [5, 5.41) is 0. The maximum atomic E-state index is 11.7. The first-order valence-electron chi connectivity index (χ1n) is 7.14. The summed E-state index contributed by atoms with van der Waals surface area (Å²) >= 11 is 0. The van der Waals surface area contributed by atoms with Gasteiger partial charge in [0.1, 0.15) is 0 Å². The molecule has 1 aromatic rings. The Bertz CT molecular complexity index is 540. The first-order chi connectivity index (χ1) is 10.1. The van der Waals surface area contributed by atoms with Crippen molar-refractivity contribution in [1.82, 2.24) is 0 Å². The van der Waals surface area contributed by atoms with Crippen LogP contribution in [-0.4, -0.2) is 45.2 Å². The number of rotatable bonds is 2. The van der Waals surface area contributed by atoms with E-state index in [1.807, 2.05) is 6.07 Å². The van der Waals surface area contributed by atoms with Crippen LogP contribution in [0.25, 0.3) is 0 Å². The molecule has 6 nitrogen and oxygen atoms in total. The zero-order valence-electron chi connectivity index (χ0n) is 12.1. The monoisotopic (exact) mass is 292 g/mol. The van der Waals surface area contributed by atoms with Crippen molar-refractivity contribution in [2.45, 2.75) is 18.6 Å². The number of hydrogen-bond donors (Lipinski definition) is 1. The Labute approximate surface area is 123 Å². The number of anilines is 2. The smallest absolute Gasteiger partial charge is 0.340 e. The van der Waals surface area contributed by atoms with Gasteiger partial charge in [-0.05, 0) is 24.6 Å². The van der Waals surface area contributed by atoms with Gasteiger partial charge in [-0.3, -0.25) is 0 Å². The standard InChI is InChI=1S/C15H20N2O4/c1-19-14(18)12-9-11(3-4-13(12)16)17-6-2-5-15(10-17)20-7-8-21-15/h3-4,9H,2,5-8,10,16H2,1H3. The van der Waals surface area contributed by atoms with Crippen LogP contribution in [0, 0.1) is 0 Å². The summed E-state index contributed by atoms with van der Waals surface area (Å²) in [6.07, 6.45) is 1.89. The molecule has 114 valence electrons. The third kappa shape index (κ3) is 2.69. The van der Waals surface area contributed by atoms with Gasteiger partial charge in [0.25, 0.3) is 0 Å². The fourth-order valence-corrected chi connectivity index (χ4v) is 2.97. The van der Waals surface area contributed by atoms with Crippen LogP contribution < -0.4 is 10.6 Å². The highest BCUT2D eigenvalue weighted by atomic mass is 16.7. The van der Waals surface area contributed by atoms with E-state index in [4.69, 9.17) is 19.9 Å². The Morgan fingerprint density at radius 1 is 1.38 bits per heavy atom. The van der Waals surface area contributed by atoms with Crippen molar-refractivity contribution in [2.24, 2.45) is 0 Å². The SMILES string of the molecule is COC(=O)c1cc(N2CCCC3(C2)OCCO3)ccc1N. The van der Waals surface area contributed by atoms with Crippen LogP contribution >= 0.6 is 0 Å². The van der Waals surface area contributed by atoms with Crippen LogP contribution in [0.15, 0.2) is 18.2 Å². The van der Waals surface area contributed by atoms with Crippen LogP contribution in [0.5, 0.6) is 0 Å². The lowest BCUT2D eigenvalue weighted by Gasteiger charge is -2.39. The summed E-state index contributed by atoms with van der Waals surface area (Å²) in [4.78, 5) is 13.9. The third-order valence-corrected chi connectivity index (χ3v) is 4.04. The van der Waals surface area contributed by atoms with Gasteiger partial charge in [-0.2, -0.15) is 0 Å². The Kier molecular flexibility index (Phi) is 3.73. The number of piperidine rings is 1. The average Bonchev–Trinajstić information content (AvgIpc) is 2.94. The van der Waals surface area contributed by atoms with Gasteiger partial charge >= 0.3 is 5.97 Å². The minimum atomic E-state index is -0.495. The van der Waals surface area contributed by atoms with E-state index in [-0.39, 0.29) is 0 Å². The molecule has 1 spiro atoms. The normalized spacial score (nSPS) is 20.7. The lowest BCUT2D eigenvalue weighted by Crippen LogP contribution is -2.49. The molecule has 0 atom stereocenters. The van der Waals surface area contributed by atoms with Crippen LogP contribution in [-0.2, 0) is 14.2 Å². The van der Waals surface area contributed by atoms with E-state index in [1.54, 1.807) is 12.1 Å². The predicted octanol–water partition coefficient (Wildman–Crippen LogP) is 1.40. The molecule has 3 rings (SSSR count). The van der Waals surface area contributed by atoms with Crippen molar-refractivity contribution >= 4 is 17.3 Å². The van der Waals surface area contributed by atoms with Gasteiger partial charge in [-0.15, -0.1) is 0 Å². The van der Waals surface area contributed by atoms with Crippen molar-refractivity contribution in [1.29, 1.82) is 0 Å². The zero-order valence-corrected chi connectivity index (χ0v) is 12.1. The minimum Gasteiger partial charge on any atom is -0.465 e.